The SMILES string of the molecule is Cc1cncc(NC(=O)c2ccc(N)c(O)c2)c1. The largest absolute Gasteiger partial charge is 0.506 e. The zero-order valence-corrected chi connectivity index (χ0v) is 9.84. The maximum Gasteiger partial charge on any atom is 0.255 e. The van der Waals surface area contributed by atoms with Crippen molar-refractivity contribution in [3.8, 4) is 5.75 Å². The first kappa shape index (κ1) is 11.9. The first-order valence-electron chi connectivity index (χ1n) is 5.38. The predicted octanol–water partition coefficient (Wildman–Crippen LogP) is 1.93. The molecule has 2 rings (SSSR count). The standard InChI is InChI=1S/C13H13N3O2/c1-8-4-10(7-15-6-8)16-13(18)9-2-3-11(14)12(17)5-9/h2-7,17H,14H2,1H3,(H,16,18). The number of rotatable bonds is 2. The summed E-state index contributed by atoms with van der Waals surface area (Å²) in [6.07, 6.45) is 3.26. The van der Waals surface area contributed by atoms with Crippen LogP contribution in [0.2, 0.25) is 0 Å². The first-order chi connectivity index (χ1) is 8.56. The van der Waals surface area contributed by atoms with Gasteiger partial charge < -0.3 is 16.2 Å². The van der Waals surface area contributed by atoms with Crippen molar-refractivity contribution in [3.05, 3.63) is 47.8 Å². The average molecular weight is 243 g/mol. The molecular weight excluding hydrogens is 230 g/mol. The van der Waals surface area contributed by atoms with E-state index in [1.54, 1.807) is 18.5 Å². The number of phenolic OH excluding ortho intramolecular Hbond substituents is 1. The highest BCUT2D eigenvalue weighted by Gasteiger charge is 2.08. The Kier molecular flexibility index (Phi) is 3.14. The van der Waals surface area contributed by atoms with Crippen LogP contribution in [0.5, 0.6) is 5.75 Å². The number of aryl methyl sites for hydroxylation is 1. The van der Waals surface area contributed by atoms with Gasteiger partial charge in [-0.1, -0.05) is 0 Å². The monoisotopic (exact) mass is 243 g/mol. The summed E-state index contributed by atoms with van der Waals surface area (Å²) in [6, 6.07) is 6.17. The maximum atomic E-state index is 11.9. The summed E-state index contributed by atoms with van der Waals surface area (Å²) >= 11 is 0. The van der Waals surface area contributed by atoms with Crippen molar-refractivity contribution in [3.63, 3.8) is 0 Å². The fourth-order valence-electron chi connectivity index (χ4n) is 1.51. The number of phenols is 1. The van der Waals surface area contributed by atoms with Crippen molar-refractivity contribution >= 4 is 17.3 Å². The Morgan fingerprint density at radius 1 is 1.33 bits per heavy atom. The van der Waals surface area contributed by atoms with Crippen LogP contribution in [-0.2, 0) is 0 Å². The molecule has 2 aromatic rings. The third-order valence-corrected chi connectivity index (χ3v) is 2.43. The van der Waals surface area contributed by atoms with E-state index in [1.165, 1.54) is 12.1 Å². The number of carbonyl (C=O) groups excluding carboxylic acids is 1. The summed E-state index contributed by atoms with van der Waals surface area (Å²) in [5.41, 5.74) is 7.60. The fraction of sp³-hybridized carbons (Fsp3) is 0.0769. The zero-order valence-electron chi connectivity index (χ0n) is 9.84. The molecule has 5 nitrogen and oxygen atoms in total. The molecule has 92 valence electrons. The van der Waals surface area contributed by atoms with Crippen LogP contribution in [0.3, 0.4) is 0 Å². The number of hydrogen-bond acceptors (Lipinski definition) is 4. The van der Waals surface area contributed by atoms with Crippen LogP contribution in [0.15, 0.2) is 36.7 Å². The van der Waals surface area contributed by atoms with E-state index in [1.807, 2.05) is 13.0 Å². The average Bonchev–Trinajstić information content (AvgIpc) is 2.32. The molecule has 0 saturated carbocycles. The normalized spacial score (nSPS) is 10.1. The van der Waals surface area contributed by atoms with Crippen LogP contribution in [0.1, 0.15) is 15.9 Å². The molecule has 0 radical (unpaired) electrons. The summed E-state index contributed by atoms with van der Waals surface area (Å²) in [7, 11) is 0. The van der Waals surface area contributed by atoms with Gasteiger partial charge in [0.25, 0.3) is 5.91 Å². The van der Waals surface area contributed by atoms with Gasteiger partial charge in [0.2, 0.25) is 0 Å². The number of nitrogens with zero attached hydrogens (tertiary/aromatic N) is 1. The molecule has 1 heterocycles. The molecule has 1 aromatic carbocycles. The number of aromatic nitrogens is 1. The van der Waals surface area contributed by atoms with Gasteiger partial charge in [0.05, 0.1) is 17.6 Å². The Morgan fingerprint density at radius 3 is 2.78 bits per heavy atom. The van der Waals surface area contributed by atoms with Crippen molar-refractivity contribution in [2.45, 2.75) is 6.92 Å². The molecule has 0 aliphatic rings. The Bertz CT molecular complexity index is 597. The van der Waals surface area contributed by atoms with E-state index in [0.29, 0.717) is 11.3 Å². The summed E-state index contributed by atoms with van der Waals surface area (Å²) in [4.78, 5) is 15.9. The van der Waals surface area contributed by atoms with Gasteiger partial charge in [0, 0.05) is 11.8 Å². The number of aromatic hydroxyl groups is 1. The van der Waals surface area contributed by atoms with E-state index in [2.05, 4.69) is 10.3 Å². The molecule has 0 aliphatic heterocycles. The lowest BCUT2D eigenvalue weighted by Crippen LogP contribution is -2.12. The van der Waals surface area contributed by atoms with Crippen LogP contribution in [0.25, 0.3) is 0 Å². The topological polar surface area (TPSA) is 88.2 Å². The van der Waals surface area contributed by atoms with Crippen LogP contribution in [0, 0.1) is 6.92 Å². The van der Waals surface area contributed by atoms with Gasteiger partial charge in [0.15, 0.2) is 0 Å². The number of nitrogens with two attached hydrogens (primary N) is 1. The number of pyridine rings is 1. The lowest BCUT2D eigenvalue weighted by Gasteiger charge is -2.06. The van der Waals surface area contributed by atoms with Gasteiger partial charge in [0.1, 0.15) is 5.75 Å². The molecule has 4 N–H and O–H groups in total. The quantitative estimate of drug-likeness (QED) is 0.555. The smallest absolute Gasteiger partial charge is 0.255 e. The lowest BCUT2D eigenvalue weighted by molar-refractivity contribution is 0.102. The highest BCUT2D eigenvalue weighted by Crippen LogP contribution is 2.21. The minimum Gasteiger partial charge on any atom is -0.506 e. The van der Waals surface area contributed by atoms with Gasteiger partial charge in [-0.3, -0.25) is 9.78 Å². The predicted molar refractivity (Wildman–Crippen MR) is 69.4 cm³/mol. The fourth-order valence-corrected chi connectivity index (χ4v) is 1.51. The molecule has 1 amide bonds. The Morgan fingerprint density at radius 2 is 2.11 bits per heavy atom. The molecule has 1 aromatic heterocycles. The molecule has 0 fully saturated rings. The number of nitrogens with one attached hydrogen (secondary N) is 1. The molecule has 0 spiro atoms. The van der Waals surface area contributed by atoms with Gasteiger partial charge in [-0.15, -0.1) is 0 Å². The number of anilines is 2. The second-order valence-electron chi connectivity index (χ2n) is 3.98. The maximum absolute atomic E-state index is 11.9. The van der Waals surface area contributed by atoms with Gasteiger partial charge >= 0.3 is 0 Å². The molecular formula is C13H13N3O2. The Hall–Kier alpha value is -2.56. The van der Waals surface area contributed by atoms with E-state index in [-0.39, 0.29) is 17.3 Å². The summed E-state index contributed by atoms with van der Waals surface area (Å²) < 4.78 is 0. The Balaban J connectivity index is 2.19. The van der Waals surface area contributed by atoms with Crippen LogP contribution in [0.4, 0.5) is 11.4 Å². The highest BCUT2D eigenvalue weighted by molar-refractivity contribution is 6.04. The number of amides is 1. The van der Waals surface area contributed by atoms with E-state index in [9.17, 15) is 9.90 Å². The summed E-state index contributed by atoms with van der Waals surface area (Å²) in [5, 5.41) is 12.1. The first-order valence-corrected chi connectivity index (χ1v) is 5.38. The van der Waals surface area contributed by atoms with Gasteiger partial charge in [-0.2, -0.15) is 0 Å². The van der Waals surface area contributed by atoms with Gasteiger partial charge in [-0.05, 0) is 36.8 Å². The van der Waals surface area contributed by atoms with Gasteiger partial charge in [-0.25, -0.2) is 0 Å². The van der Waals surface area contributed by atoms with E-state index < -0.39 is 0 Å². The second-order valence-corrected chi connectivity index (χ2v) is 3.98. The van der Waals surface area contributed by atoms with Crippen molar-refractivity contribution in [1.29, 1.82) is 0 Å². The van der Waals surface area contributed by atoms with E-state index in [4.69, 9.17) is 5.73 Å². The van der Waals surface area contributed by atoms with Crippen molar-refractivity contribution in [2.24, 2.45) is 0 Å². The van der Waals surface area contributed by atoms with Crippen LogP contribution in [-0.4, -0.2) is 16.0 Å². The van der Waals surface area contributed by atoms with E-state index in [0.717, 1.165) is 5.56 Å². The van der Waals surface area contributed by atoms with Crippen LogP contribution < -0.4 is 11.1 Å². The number of nitrogen functional groups attached to an aromatic ring is 1. The lowest BCUT2D eigenvalue weighted by atomic mass is 10.1. The molecule has 0 atom stereocenters. The van der Waals surface area contributed by atoms with Crippen LogP contribution >= 0.6 is 0 Å². The molecule has 0 aliphatic carbocycles. The molecule has 0 saturated heterocycles. The Labute approximate surface area is 104 Å². The molecule has 18 heavy (non-hydrogen) atoms. The summed E-state index contributed by atoms with van der Waals surface area (Å²) in [6.45, 7) is 1.89. The number of benzene rings is 1. The van der Waals surface area contributed by atoms with Crippen molar-refractivity contribution in [1.82, 2.24) is 4.98 Å². The molecule has 0 unspecified atom stereocenters. The highest BCUT2D eigenvalue weighted by atomic mass is 16.3. The van der Waals surface area contributed by atoms with Crippen molar-refractivity contribution < 1.29 is 9.90 Å². The third-order valence-electron chi connectivity index (χ3n) is 2.43. The third kappa shape index (κ3) is 2.57. The second kappa shape index (κ2) is 4.75. The number of carbonyl (C=O) groups is 1. The minimum absolute atomic E-state index is 0.106. The minimum atomic E-state index is -0.322. The number of hydrogen-bond donors (Lipinski definition) is 3. The molecule has 5 heteroatoms. The van der Waals surface area contributed by atoms with Crippen molar-refractivity contribution in [2.75, 3.05) is 11.1 Å². The zero-order chi connectivity index (χ0) is 13.1. The van der Waals surface area contributed by atoms with E-state index >= 15 is 0 Å². The summed E-state index contributed by atoms with van der Waals surface area (Å²) in [5.74, 6) is -0.428. The molecule has 0 bridgehead atoms.